The molecule has 4 rings (SSSR count). The molecular weight excluding hydrogens is 398 g/mol. The number of carbonyl (C=O) groups is 1. The smallest absolute Gasteiger partial charge is 0.274 e. The zero-order valence-electron chi connectivity index (χ0n) is 16.1. The summed E-state index contributed by atoms with van der Waals surface area (Å²) in [5.41, 5.74) is 1.28. The summed E-state index contributed by atoms with van der Waals surface area (Å²) in [7, 11) is 1.63. The fraction of sp³-hybridized carbons (Fsp3) is 0.421. The highest BCUT2D eigenvalue weighted by atomic mass is 35.5. The maximum atomic E-state index is 12.7. The van der Waals surface area contributed by atoms with Gasteiger partial charge in [-0.25, -0.2) is 4.98 Å². The first-order valence-corrected chi connectivity index (χ1v) is 10.4. The van der Waals surface area contributed by atoms with Gasteiger partial charge < -0.3 is 14.5 Å². The number of ether oxygens (including phenoxy) is 1. The van der Waals surface area contributed by atoms with Crippen molar-refractivity contribution in [3.63, 3.8) is 0 Å². The van der Waals surface area contributed by atoms with Crippen molar-refractivity contribution >= 4 is 44.2 Å². The number of hydrogen-bond acceptors (Lipinski definition) is 6. The normalized spacial score (nSPS) is 14.9. The standard InChI is InChI=1S/C19H22ClN5O2S/c1-12(2)25-7-6-14(22-25)18(26)23-8-10-24(11-9-23)19-21-16-15(27-3)5-4-13(20)17(16)28-19/h4-7,12H,8-11H2,1-3H3. The monoisotopic (exact) mass is 419 g/mol. The van der Waals surface area contributed by atoms with Gasteiger partial charge in [0.25, 0.3) is 5.91 Å². The Morgan fingerprint density at radius 1 is 1.21 bits per heavy atom. The van der Waals surface area contributed by atoms with Gasteiger partial charge in [0.15, 0.2) is 5.13 Å². The molecule has 28 heavy (non-hydrogen) atoms. The molecule has 1 aromatic carbocycles. The van der Waals surface area contributed by atoms with E-state index in [1.165, 1.54) is 0 Å². The van der Waals surface area contributed by atoms with Gasteiger partial charge in [0, 0.05) is 38.4 Å². The average molecular weight is 420 g/mol. The van der Waals surface area contributed by atoms with Crippen LogP contribution in [0.5, 0.6) is 5.75 Å². The SMILES string of the molecule is COc1ccc(Cl)c2sc(N3CCN(C(=O)c4ccn(C(C)C)n4)CC3)nc12. The minimum atomic E-state index is -0.0203. The Hall–Kier alpha value is -2.32. The molecule has 1 amide bonds. The van der Waals surface area contributed by atoms with Gasteiger partial charge in [-0.3, -0.25) is 9.48 Å². The number of hydrogen-bond donors (Lipinski definition) is 0. The lowest BCUT2D eigenvalue weighted by atomic mass is 10.3. The van der Waals surface area contributed by atoms with Crippen LogP contribution in [0.4, 0.5) is 5.13 Å². The van der Waals surface area contributed by atoms with Crippen LogP contribution < -0.4 is 9.64 Å². The third kappa shape index (κ3) is 3.42. The molecular formula is C19H22ClN5O2S. The largest absolute Gasteiger partial charge is 0.494 e. The van der Waals surface area contributed by atoms with E-state index in [9.17, 15) is 4.79 Å². The topological polar surface area (TPSA) is 63.5 Å². The predicted octanol–water partition coefficient (Wildman–Crippen LogP) is 3.70. The molecule has 7 nitrogen and oxygen atoms in total. The summed E-state index contributed by atoms with van der Waals surface area (Å²) in [6.07, 6.45) is 1.85. The van der Waals surface area contributed by atoms with Gasteiger partial charge in [-0.1, -0.05) is 22.9 Å². The predicted molar refractivity (Wildman–Crippen MR) is 112 cm³/mol. The first-order chi connectivity index (χ1) is 13.5. The number of halogens is 1. The van der Waals surface area contributed by atoms with Crippen molar-refractivity contribution in [2.24, 2.45) is 0 Å². The summed E-state index contributed by atoms with van der Waals surface area (Å²) in [5.74, 6) is 0.699. The van der Waals surface area contributed by atoms with E-state index in [1.54, 1.807) is 24.5 Å². The second-order valence-corrected chi connectivity index (χ2v) is 8.36. The maximum absolute atomic E-state index is 12.7. The minimum absolute atomic E-state index is 0.0203. The highest BCUT2D eigenvalue weighted by Gasteiger charge is 2.26. The number of rotatable bonds is 4. The number of thiazole rings is 1. The minimum Gasteiger partial charge on any atom is -0.494 e. The Morgan fingerprint density at radius 3 is 2.61 bits per heavy atom. The Kier molecular flexibility index (Phi) is 5.16. The zero-order valence-corrected chi connectivity index (χ0v) is 17.6. The van der Waals surface area contributed by atoms with Crippen LogP contribution in [0.3, 0.4) is 0 Å². The van der Waals surface area contributed by atoms with Gasteiger partial charge >= 0.3 is 0 Å². The molecule has 1 saturated heterocycles. The number of carbonyl (C=O) groups excluding carboxylic acids is 1. The molecule has 0 saturated carbocycles. The van der Waals surface area contributed by atoms with Gasteiger partial charge in [0.05, 0.1) is 16.8 Å². The average Bonchev–Trinajstić information content (AvgIpc) is 3.36. The maximum Gasteiger partial charge on any atom is 0.274 e. The van der Waals surface area contributed by atoms with E-state index in [-0.39, 0.29) is 11.9 Å². The summed E-state index contributed by atoms with van der Waals surface area (Å²) >= 11 is 7.89. The van der Waals surface area contributed by atoms with E-state index in [1.807, 2.05) is 41.8 Å². The van der Waals surface area contributed by atoms with E-state index >= 15 is 0 Å². The van der Waals surface area contributed by atoms with Crippen LogP contribution in [0.2, 0.25) is 5.02 Å². The lowest BCUT2D eigenvalue weighted by molar-refractivity contribution is 0.0739. The number of benzene rings is 1. The molecule has 9 heteroatoms. The van der Waals surface area contributed by atoms with Crippen molar-refractivity contribution in [1.82, 2.24) is 19.7 Å². The van der Waals surface area contributed by atoms with Crippen LogP contribution in [0.25, 0.3) is 10.2 Å². The molecule has 0 spiro atoms. The molecule has 148 valence electrons. The van der Waals surface area contributed by atoms with Crippen molar-refractivity contribution in [3.8, 4) is 5.75 Å². The number of anilines is 1. The molecule has 3 heterocycles. The van der Waals surface area contributed by atoms with Crippen molar-refractivity contribution in [1.29, 1.82) is 0 Å². The number of methoxy groups -OCH3 is 1. The van der Waals surface area contributed by atoms with Crippen molar-refractivity contribution in [2.75, 3.05) is 38.2 Å². The van der Waals surface area contributed by atoms with E-state index in [4.69, 9.17) is 21.3 Å². The second kappa shape index (κ2) is 7.60. The summed E-state index contributed by atoms with van der Waals surface area (Å²) in [6, 6.07) is 5.69. The Bertz CT molecular complexity index is 1010. The molecule has 1 fully saturated rings. The Morgan fingerprint density at radius 2 is 1.96 bits per heavy atom. The molecule has 0 aliphatic carbocycles. The molecule has 2 aromatic heterocycles. The number of piperazine rings is 1. The summed E-state index contributed by atoms with van der Waals surface area (Å²) in [4.78, 5) is 21.5. The highest BCUT2D eigenvalue weighted by Crippen LogP contribution is 2.38. The number of amides is 1. The molecule has 0 radical (unpaired) electrons. The van der Waals surface area contributed by atoms with Gasteiger partial charge in [-0.05, 0) is 32.0 Å². The van der Waals surface area contributed by atoms with E-state index < -0.39 is 0 Å². The molecule has 0 N–H and O–H groups in total. The molecule has 1 aliphatic rings. The lowest BCUT2D eigenvalue weighted by Gasteiger charge is -2.34. The molecule has 0 bridgehead atoms. The highest BCUT2D eigenvalue weighted by molar-refractivity contribution is 7.22. The first-order valence-electron chi connectivity index (χ1n) is 9.20. The summed E-state index contributed by atoms with van der Waals surface area (Å²) in [5, 5.41) is 5.97. The number of aromatic nitrogens is 3. The van der Waals surface area contributed by atoms with Crippen LogP contribution >= 0.6 is 22.9 Å². The van der Waals surface area contributed by atoms with Crippen molar-refractivity contribution in [2.45, 2.75) is 19.9 Å². The number of fused-ring (bicyclic) bond motifs is 1. The summed E-state index contributed by atoms with van der Waals surface area (Å²) in [6.45, 7) is 6.79. The van der Waals surface area contributed by atoms with Gasteiger partial charge in [0.1, 0.15) is 17.0 Å². The fourth-order valence-corrected chi connectivity index (χ4v) is 4.55. The second-order valence-electron chi connectivity index (χ2n) is 6.98. The van der Waals surface area contributed by atoms with Crippen LogP contribution in [0.1, 0.15) is 30.4 Å². The molecule has 0 unspecified atom stereocenters. The Balaban J connectivity index is 1.47. The first kappa shape index (κ1) is 19.0. The number of nitrogens with zero attached hydrogens (tertiary/aromatic N) is 5. The van der Waals surface area contributed by atoms with Gasteiger partial charge in [-0.15, -0.1) is 0 Å². The third-order valence-corrected chi connectivity index (χ3v) is 6.44. The lowest BCUT2D eigenvalue weighted by Crippen LogP contribution is -2.48. The van der Waals surface area contributed by atoms with Crippen LogP contribution in [0, 0.1) is 0 Å². The van der Waals surface area contributed by atoms with Gasteiger partial charge in [-0.2, -0.15) is 5.10 Å². The third-order valence-electron chi connectivity index (χ3n) is 4.86. The molecule has 0 atom stereocenters. The van der Waals surface area contributed by atoms with Crippen molar-refractivity contribution < 1.29 is 9.53 Å². The van der Waals surface area contributed by atoms with Crippen LogP contribution in [0.15, 0.2) is 24.4 Å². The Labute approximate surface area is 172 Å². The molecule has 1 aliphatic heterocycles. The van der Waals surface area contributed by atoms with E-state index in [0.29, 0.717) is 23.8 Å². The van der Waals surface area contributed by atoms with Gasteiger partial charge in [0.2, 0.25) is 0 Å². The van der Waals surface area contributed by atoms with Crippen LogP contribution in [-0.2, 0) is 0 Å². The van der Waals surface area contributed by atoms with Crippen LogP contribution in [-0.4, -0.2) is 58.9 Å². The fourth-order valence-electron chi connectivity index (χ4n) is 3.24. The quantitative estimate of drug-likeness (QED) is 0.645. The van der Waals surface area contributed by atoms with E-state index in [0.717, 1.165) is 34.2 Å². The molecule has 3 aromatic rings. The summed E-state index contributed by atoms with van der Waals surface area (Å²) < 4.78 is 8.14. The van der Waals surface area contributed by atoms with Crippen molar-refractivity contribution in [3.05, 3.63) is 35.1 Å². The zero-order chi connectivity index (χ0) is 19.8. The van der Waals surface area contributed by atoms with E-state index in [2.05, 4.69) is 10.00 Å².